The molecule has 0 aliphatic carbocycles. The third kappa shape index (κ3) is 3.86. The van der Waals surface area contributed by atoms with Crippen LogP contribution < -0.4 is 5.32 Å². The minimum Gasteiger partial charge on any atom is -0.393 e. The van der Waals surface area contributed by atoms with Gasteiger partial charge in [-0.3, -0.25) is 4.79 Å². The van der Waals surface area contributed by atoms with Crippen molar-refractivity contribution in [2.24, 2.45) is 0 Å². The molecule has 0 saturated carbocycles. The summed E-state index contributed by atoms with van der Waals surface area (Å²) in [5.74, 6) is -0.0606. The first-order valence-corrected chi connectivity index (χ1v) is 6.08. The zero-order valence-corrected chi connectivity index (χ0v) is 10.8. The third-order valence-corrected chi connectivity index (χ3v) is 3.08. The van der Waals surface area contributed by atoms with Crippen molar-refractivity contribution in [2.45, 2.75) is 39.7 Å². The first-order chi connectivity index (χ1) is 8.06. The van der Waals surface area contributed by atoms with Crippen LogP contribution in [0.25, 0.3) is 0 Å². The Balaban J connectivity index is 2.56. The van der Waals surface area contributed by atoms with Crippen molar-refractivity contribution in [3.63, 3.8) is 0 Å². The molecule has 94 valence electrons. The predicted octanol–water partition coefficient (Wildman–Crippen LogP) is 2.19. The number of carbonyl (C=O) groups excluding carboxylic acids is 1. The molecule has 0 spiro atoms. The molecule has 0 aliphatic rings. The number of aliphatic hydroxyl groups is 1. The van der Waals surface area contributed by atoms with Crippen LogP contribution in [-0.4, -0.2) is 23.7 Å². The number of hydrogen-bond donors (Lipinski definition) is 2. The van der Waals surface area contributed by atoms with Crippen molar-refractivity contribution in [1.82, 2.24) is 5.32 Å². The molecule has 0 bridgehead atoms. The van der Waals surface area contributed by atoms with Crippen molar-refractivity contribution >= 4 is 5.91 Å². The molecule has 2 N–H and O–H groups in total. The summed E-state index contributed by atoms with van der Waals surface area (Å²) >= 11 is 0. The highest BCUT2D eigenvalue weighted by Crippen LogP contribution is 2.12. The molecular weight excluding hydrogens is 214 g/mol. The zero-order valence-electron chi connectivity index (χ0n) is 10.8. The Kier molecular flexibility index (Phi) is 5.16. The SMILES string of the molecule is CCC(O)CCNC(=O)c1cccc(C)c1C. The van der Waals surface area contributed by atoms with Crippen LogP contribution in [0, 0.1) is 13.8 Å². The van der Waals surface area contributed by atoms with Crippen molar-refractivity contribution < 1.29 is 9.90 Å². The Morgan fingerprint density at radius 3 is 2.76 bits per heavy atom. The van der Waals surface area contributed by atoms with Crippen LogP contribution >= 0.6 is 0 Å². The molecule has 0 aliphatic heterocycles. The molecule has 0 saturated heterocycles. The highest BCUT2D eigenvalue weighted by molar-refractivity contribution is 5.95. The number of aryl methyl sites for hydroxylation is 1. The van der Waals surface area contributed by atoms with E-state index in [0.717, 1.165) is 23.1 Å². The monoisotopic (exact) mass is 235 g/mol. The van der Waals surface area contributed by atoms with E-state index in [9.17, 15) is 9.90 Å². The normalized spacial score (nSPS) is 12.2. The highest BCUT2D eigenvalue weighted by Gasteiger charge is 2.09. The summed E-state index contributed by atoms with van der Waals surface area (Å²) in [4.78, 5) is 11.9. The smallest absolute Gasteiger partial charge is 0.251 e. The average Bonchev–Trinajstić information content (AvgIpc) is 2.32. The van der Waals surface area contributed by atoms with E-state index in [1.165, 1.54) is 0 Å². The van der Waals surface area contributed by atoms with Crippen LogP contribution in [0.1, 0.15) is 41.3 Å². The maximum Gasteiger partial charge on any atom is 0.251 e. The first kappa shape index (κ1) is 13.7. The Morgan fingerprint density at radius 1 is 1.41 bits per heavy atom. The van der Waals surface area contributed by atoms with E-state index >= 15 is 0 Å². The van der Waals surface area contributed by atoms with Crippen molar-refractivity contribution in [3.8, 4) is 0 Å². The summed E-state index contributed by atoms with van der Waals surface area (Å²) in [5, 5.41) is 12.2. The van der Waals surface area contributed by atoms with Gasteiger partial charge in [-0.05, 0) is 43.9 Å². The van der Waals surface area contributed by atoms with Gasteiger partial charge in [0.05, 0.1) is 6.10 Å². The van der Waals surface area contributed by atoms with Crippen molar-refractivity contribution in [2.75, 3.05) is 6.54 Å². The lowest BCUT2D eigenvalue weighted by molar-refractivity contribution is 0.0941. The summed E-state index contributed by atoms with van der Waals surface area (Å²) in [6, 6.07) is 5.71. The van der Waals surface area contributed by atoms with E-state index in [1.807, 2.05) is 39.0 Å². The van der Waals surface area contributed by atoms with Gasteiger partial charge >= 0.3 is 0 Å². The Labute approximate surface area is 103 Å². The van der Waals surface area contributed by atoms with E-state index in [1.54, 1.807) is 0 Å². The number of rotatable bonds is 5. The maximum absolute atomic E-state index is 11.9. The molecule has 3 heteroatoms. The van der Waals surface area contributed by atoms with Crippen LogP contribution in [-0.2, 0) is 0 Å². The summed E-state index contributed by atoms with van der Waals surface area (Å²) < 4.78 is 0. The van der Waals surface area contributed by atoms with Gasteiger partial charge in [0.25, 0.3) is 5.91 Å². The largest absolute Gasteiger partial charge is 0.393 e. The highest BCUT2D eigenvalue weighted by atomic mass is 16.3. The van der Waals surface area contributed by atoms with Gasteiger partial charge in [-0.2, -0.15) is 0 Å². The van der Waals surface area contributed by atoms with Crippen LogP contribution in [0.4, 0.5) is 0 Å². The molecule has 0 heterocycles. The number of amides is 1. The lowest BCUT2D eigenvalue weighted by Crippen LogP contribution is -2.27. The van der Waals surface area contributed by atoms with Crippen LogP contribution in [0.15, 0.2) is 18.2 Å². The molecule has 1 rings (SSSR count). The summed E-state index contributed by atoms with van der Waals surface area (Å²) in [7, 11) is 0. The molecule has 1 aromatic rings. The van der Waals surface area contributed by atoms with Crippen LogP contribution in [0.2, 0.25) is 0 Å². The molecule has 0 fully saturated rings. The quantitative estimate of drug-likeness (QED) is 0.822. The number of benzene rings is 1. The minimum atomic E-state index is -0.325. The second-order valence-corrected chi connectivity index (χ2v) is 4.35. The molecular formula is C14H21NO2. The van der Waals surface area contributed by atoms with Gasteiger partial charge in [0, 0.05) is 12.1 Å². The third-order valence-electron chi connectivity index (χ3n) is 3.08. The molecule has 1 amide bonds. The van der Waals surface area contributed by atoms with Gasteiger partial charge in [0.1, 0.15) is 0 Å². The Bertz CT molecular complexity index is 388. The zero-order chi connectivity index (χ0) is 12.8. The van der Waals surface area contributed by atoms with E-state index in [2.05, 4.69) is 5.32 Å². The fraction of sp³-hybridized carbons (Fsp3) is 0.500. The lowest BCUT2D eigenvalue weighted by Gasteiger charge is -2.11. The predicted molar refractivity (Wildman–Crippen MR) is 69.2 cm³/mol. The van der Waals surface area contributed by atoms with Crippen LogP contribution in [0.5, 0.6) is 0 Å². The van der Waals surface area contributed by atoms with Gasteiger partial charge < -0.3 is 10.4 Å². The fourth-order valence-electron chi connectivity index (χ4n) is 1.65. The van der Waals surface area contributed by atoms with Gasteiger partial charge in [0.2, 0.25) is 0 Å². The second kappa shape index (κ2) is 6.40. The molecule has 1 atom stereocenters. The molecule has 1 aromatic carbocycles. The van der Waals surface area contributed by atoms with E-state index in [0.29, 0.717) is 13.0 Å². The van der Waals surface area contributed by atoms with Gasteiger partial charge in [0.15, 0.2) is 0 Å². The van der Waals surface area contributed by atoms with E-state index < -0.39 is 0 Å². The molecule has 17 heavy (non-hydrogen) atoms. The number of carbonyl (C=O) groups is 1. The number of nitrogens with one attached hydrogen (secondary N) is 1. The Morgan fingerprint density at radius 2 is 2.12 bits per heavy atom. The lowest BCUT2D eigenvalue weighted by atomic mass is 10.0. The second-order valence-electron chi connectivity index (χ2n) is 4.35. The molecule has 0 radical (unpaired) electrons. The van der Waals surface area contributed by atoms with Crippen molar-refractivity contribution in [3.05, 3.63) is 34.9 Å². The molecule has 3 nitrogen and oxygen atoms in total. The minimum absolute atomic E-state index is 0.0606. The molecule has 0 aromatic heterocycles. The summed E-state index contributed by atoms with van der Waals surface area (Å²) in [5.41, 5.74) is 2.85. The van der Waals surface area contributed by atoms with Gasteiger partial charge in [-0.15, -0.1) is 0 Å². The van der Waals surface area contributed by atoms with E-state index in [-0.39, 0.29) is 12.0 Å². The van der Waals surface area contributed by atoms with Gasteiger partial charge in [-0.1, -0.05) is 19.1 Å². The standard InChI is InChI=1S/C14H21NO2/c1-4-12(16)8-9-15-14(17)13-7-5-6-10(2)11(13)3/h5-7,12,16H,4,8-9H2,1-3H3,(H,15,17). The maximum atomic E-state index is 11.9. The summed E-state index contributed by atoms with van der Waals surface area (Å²) in [6.07, 6.45) is 1.00. The number of hydrogen-bond acceptors (Lipinski definition) is 2. The Hall–Kier alpha value is -1.35. The first-order valence-electron chi connectivity index (χ1n) is 6.08. The summed E-state index contributed by atoms with van der Waals surface area (Å²) in [6.45, 7) is 6.39. The van der Waals surface area contributed by atoms with Crippen LogP contribution in [0.3, 0.4) is 0 Å². The van der Waals surface area contributed by atoms with Crippen molar-refractivity contribution in [1.29, 1.82) is 0 Å². The van der Waals surface area contributed by atoms with E-state index in [4.69, 9.17) is 0 Å². The average molecular weight is 235 g/mol. The topological polar surface area (TPSA) is 49.3 Å². The fourth-order valence-corrected chi connectivity index (χ4v) is 1.65. The molecule has 1 unspecified atom stereocenters. The van der Waals surface area contributed by atoms with Gasteiger partial charge in [-0.25, -0.2) is 0 Å². The number of aliphatic hydroxyl groups excluding tert-OH is 1.